The Morgan fingerprint density at radius 1 is 1.11 bits per heavy atom. The van der Waals surface area contributed by atoms with Crippen molar-refractivity contribution in [3.8, 4) is 0 Å². The van der Waals surface area contributed by atoms with E-state index in [0.717, 1.165) is 14.6 Å². The monoisotopic (exact) mass is 402 g/mol. The van der Waals surface area contributed by atoms with Crippen LogP contribution in [0.3, 0.4) is 0 Å². The maximum Gasteiger partial charge on any atom is 0.147 e. The smallest absolute Gasteiger partial charge is 0.147 e. The zero-order valence-corrected chi connectivity index (χ0v) is 13.6. The molecule has 0 heterocycles. The number of thiocarbonyl (C=S) groups is 1. The zero-order chi connectivity index (χ0) is 14.0. The molecular formula is C13H9Br2FN2S. The molecule has 0 unspecified atom stereocenters. The van der Waals surface area contributed by atoms with E-state index in [0.29, 0.717) is 11.3 Å². The van der Waals surface area contributed by atoms with Gasteiger partial charge in [-0.15, -0.1) is 0 Å². The van der Waals surface area contributed by atoms with Crippen LogP contribution >= 0.6 is 44.1 Å². The third kappa shape index (κ3) is 3.52. The molecule has 0 aromatic heterocycles. The molecule has 3 N–H and O–H groups in total. The first-order valence-corrected chi connectivity index (χ1v) is 7.28. The standard InChI is InChI=1S/C13H9Br2FN2S/c14-8-2-3-9(15)12(6-8)18-11-4-1-7(13(17)19)5-10(11)16/h1-6,18H,(H2,17,19). The van der Waals surface area contributed by atoms with Gasteiger partial charge in [-0.25, -0.2) is 4.39 Å². The number of hydrogen-bond acceptors (Lipinski definition) is 2. The van der Waals surface area contributed by atoms with Crippen molar-refractivity contribution in [2.75, 3.05) is 5.32 Å². The van der Waals surface area contributed by atoms with Crippen LogP contribution in [0.4, 0.5) is 15.8 Å². The lowest BCUT2D eigenvalue weighted by Gasteiger charge is -2.11. The Hall–Kier alpha value is -0.980. The summed E-state index contributed by atoms with van der Waals surface area (Å²) in [7, 11) is 0. The Morgan fingerprint density at radius 2 is 1.84 bits per heavy atom. The molecule has 0 aliphatic rings. The van der Waals surface area contributed by atoms with Gasteiger partial charge in [0.1, 0.15) is 10.8 Å². The van der Waals surface area contributed by atoms with Gasteiger partial charge in [0.25, 0.3) is 0 Å². The molecule has 0 saturated carbocycles. The van der Waals surface area contributed by atoms with Crippen molar-refractivity contribution in [1.29, 1.82) is 0 Å². The van der Waals surface area contributed by atoms with Crippen molar-refractivity contribution >= 4 is 60.4 Å². The molecule has 0 spiro atoms. The third-order valence-electron chi connectivity index (χ3n) is 2.45. The SMILES string of the molecule is NC(=S)c1ccc(Nc2cc(Br)ccc2Br)c(F)c1. The summed E-state index contributed by atoms with van der Waals surface area (Å²) < 4.78 is 15.7. The van der Waals surface area contributed by atoms with Gasteiger partial charge in [-0.1, -0.05) is 28.1 Å². The average molecular weight is 404 g/mol. The van der Waals surface area contributed by atoms with E-state index in [2.05, 4.69) is 37.2 Å². The first kappa shape index (κ1) is 14.4. The third-order valence-corrected chi connectivity index (χ3v) is 3.87. The van der Waals surface area contributed by atoms with E-state index in [-0.39, 0.29) is 4.99 Å². The minimum Gasteiger partial charge on any atom is -0.389 e. The predicted molar refractivity (Wildman–Crippen MR) is 87.4 cm³/mol. The summed E-state index contributed by atoms with van der Waals surface area (Å²) in [6, 6.07) is 10.2. The highest BCUT2D eigenvalue weighted by Crippen LogP contribution is 2.30. The molecule has 2 rings (SSSR count). The first-order valence-electron chi connectivity index (χ1n) is 5.29. The van der Waals surface area contributed by atoms with Crippen molar-refractivity contribution < 1.29 is 4.39 Å². The van der Waals surface area contributed by atoms with Crippen LogP contribution in [0.1, 0.15) is 5.56 Å². The van der Waals surface area contributed by atoms with Crippen LogP contribution < -0.4 is 11.1 Å². The number of nitrogens with one attached hydrogen (secondary N) is 1. The topological polar surface area (TPSA) is 38.0 Å². The molecule has 2 aromatic rings. The fourth-order valence-electron chi connectivity index (χ4n) is 1.51. The van der Waals surface area contributed by atoms with Gasteiger partial charge in [-0.05, 0) is 52.3 Å². The summed E-state index contributed by atoms with van der Waals surface area (Å²) in [4.78, 5) is 0.175. The molecule has 0 aliphatic carbocycles. The summed E-state index contributed by atoms with van der Waals surface area (Å²) in [5, 5.41) is 3.01. The summed E-state index contributed by atoms with van der Waals surface area (Å²) in [5.41, 5.74) is 7.09. The Balaban J connectivity index is 2.33. The van der Waals surface area contributed by atoms with Gasteiger partial charge >= 0.3 is 0 Å². The van der Waals surface area contributed by atoms with Gasteiger partial charge in [0, 0.05) is 14.5 Å². The highest BCUT2D eigenvalue weighted by Gasteiger charge is 2.07. The second-order valence-corrected chi connectivity index (χ2v) is 6.02. The van der Waals surface area contributed by atoms with Gasteiger partial charge in [-0.2, -0.15) is 0 Å². The van der Waals surface area contributed by atoms with E-state index in [9.17, 15) is 4.39 Å². The summed E-state index contributed by atoms with van der Waals surface area (Å²) in [6.07, 6.45) is 0. The Labute approximate surface area is 132 Å². The van der Waals surface area contributed by atoms with Crippen LogP contribution in [0.25, 0.3) is 0 Å². The van der Waals surface area contributed by atoms with Gasteiger partial charge in [0.05, 0.1) is 11.4 Å². The van der Waals surface area contributed by atoms with E-state index in [1.807, 2.05) is 18.2 Å². The van der Waals surface area contributed by atoms with Gasteiger partial charge in [-0.3, -0.25) is 0 Å². The molecule has 0 fully saturated rings. The fraction of sp³-hybridized carbons (Fsp3) is 0. The van der Waals surface area contributed by atoms with E-state index in [1.54, 1.807) is 12.1 Å². The van der Waals surface area contributed by atoms with Gasteiger partial charge in [0.15, 0.2) is 0 Å². The predicted octanol–water partition coefficient (Wildman–Crippen LogP) is 4.73. The molecular weight excluding hydrogens is 395 g/mol. The summed E-state index contributed by atoms with van der Waals surface area (Å²) >= 11 is 11.6. The maximum absolute atomic E-state index is 13.9. The van der Waals surface area contributed by atoms with Crippen molar-refractivity contribution in [3.05, 3.63) is 56.7 Å². The molecule has 0 saturated heterocycles. The molecule has 19 heavy (non-hydrogen) atoms. The fourth-order valence-corrected chi connectivity index (χ4v) is 2.34. The summed E-state index contributed by atoms with van der Waals surface area (Å²) in [5.74, 6) is -0.405. The molecule has 0 atom stereocenters. The van der Waals surface area contributed by atoms with Crippen LogP contribution in [-0.2, 0) is 0 Å². The lowest BCUT2D eigenvalue weighted by molar-refractivity contribution is 0.631. The number of halogens is 3. The number of nitrogens with two attached hydrogens (primary N) is 1. The van der Waals surface area contributed by atoms with Gasteiger partial charge < -0.3 is 11.1 Å². The van der Waals surface area contributed by atoms with E-state index < -0.39 is 5.82 Å². The van der Waals surface area contributed by atoms with Crippen molar-refractivity contribution in [2.45, 2.75) is 0 Å². The normalized spacial score (nSPS) is 10.3. The summed E-state index contributed by atoms with van der Waals surface area (Å²) in [6.45, 7) is 0. The van der Waals surface area contributed by atoms with E-state index in [4.69, 9.17) is 18.0 Å². The molecule has 2 nitrogen and oxygen atoms in total. The maximum atomic E-state index is 13.9. The lowest BCUT2D eigenvalue weighted by Crippen LogP contribution is -2.09. The number of rotatable bonds is 3. The van der Waals surface area contributed by atoms with Crippen molar-refractivity contribution in [2.24, 2.45) is 5.73 Å². The number of benzene rings is 2. The Morgan fingerprint density at radius 3 is 2.47 bits per heavy atom. The van der Waals surface area contributed by atoms with Crippen molar-refractivity contribution in [3.63, 3.8) is 0 Å². The molecule has 0 bridgehead atoms. The average Bonchev–Trinajstić information content (AvgIpc) is 2.36. The van der Waals surface area contributed by atoms with Crippen LogP contribution in [-0.4, -0.2) is 4.99 Å². The van der Waals surface area contributed by atoms with Crippen LogP contribution in [0.5, 0.6) is 0 Å². The minimum atomic E-state index is -0.405. The Kier molecular flexibility index (Phi) is 4.54. The second kappa shape index (κ2) is 5.98. The molecule has 2 aromatic carbocycles. The number of anilines is 2. The Bertz CT molecular complexity index is 647. The molecule has 0 radical (unpaired) electrons. The van der Waals surface area contributed by atoms with E-state index >= 15 is 0 Å². The lowest BCUT2D eigenvalue weighted by atomic mass is 10.2. The van der Waals surface area contributed by atoms with Gasteiger partial charge in [0.2, 0.25) is 0 Å². The van der Waals surface area contributed by atoms with Crippen LogP contribution in [0.15, 0.2) is 45.3 Å². The van der Waals surface area contributed by atoms with E-state index in [1.165, 1.54) is 6.07 Å². The zero-order valence-electron chi connectivity index (χ0n) is 9.58. The quantitative estimate of drug-likeness (QED) is 0.727. The molecule has 0 amide bonds. The highest BCUT2D eigenvalue weighted by atomic mass is 79.9. The second-order valence-electron chi connectivity index (χ2n) is 3.81. The molecule has 0 aliphatic heterocycles. The highest BCUT2D eigenvalue weighted by molar-refractivity contribution is 9.11. The first-order chi connectivity index (χ1) is 8.97. The number of hydrogen-bond donors (Lipinski definition) is 2. The minimum absolute atomic E-state index is 0.175. The molecule has 98 valence electrons. The van der Waals surface area contributed by atoms with Crippen LogP contribution in [0.2, 0.25) is 0 Å². The van der Waals surface area contributed by atoms with Crippen molar-refractivity contribution in [1.82, 2.24) is 0 Å². The van der Waals surface area contributed by atoms with Crippen LogP contribution in [0, 0.1) is 5.82 Å². The molecule has 6 heteroatoms. The largest absolute Gasteiger partial charge is 0.389 e.